The first-order valence-corrected chi connectivity index (χ1v) is 4.49. The van der Waals surface area contributed by atoms with E-state index in [1.165, 1.54) is 12.3 Å². The van der Waals surface area contributed by atoms with Gasteiger partial charge in [-0.1, -0.05) is 6.07 Å². The number of aromatic nitrogens is 2. The van der Waals surface area contributed by atoms with Gasteiger partial charge in [-0.15, -0.1) is 0 Å². The van der Waals surface area contributed by atoms with Crippen molar-refractivity contribution in [2.45, 2.75) is 0 Å². The molecule has 80 valence electrons. The summed E-state index contributed by atoms with van der Waals surface area (Å²) in [5.41, 5.74) is 6.59. The molecule has 0 aliphatic carbocycles. The van der Waals surface area contributed by atoms with Crippen molar-refractivity contribution in [2.75, 3.05) is 5.73 Å². The second-order valence-corrected chi connectivity index (χ2v) is 3.13. The van der Waals surface area contributed by atoms with Gasteiger partial charge in [0.1, 0.15) is 0 Å². The number of hydrogen-bond acceptors (Lipinski definition) is 5. The molecule has 2 N–H and O–H groups in total. The van der Waals surface area contributed by atoms with Gasteiger partial charge < -0.3 is 5.73 Å². The molecule has 0 saturated carbocycles. The second-order valence-electron chi connectivity index (χ2n) is 3.13. The third-order valence-corrected chi connectivity index (χ3v) is 2.09. The minimum Gasteiger partial charge on any atom is -0.378 e. The Bertz CT molecular complexity index is 528. The van der Waals surface area contributed by atoms with E-state index >= 15 is 0 Å². The van der Waals surface area contributed by atoms with Crippen LogP contribution < -0.4 is 5.73 Å². The normalized spacial score (nSPS) is 10.0. The van der Waals surface area contributed by atoms with E-state index in [2.05, 4.69) is 9.97 Å². The first kappa shape index (κ1) is 10.0. The highest BCUT2D eigenvalue weighted by Gasteiger charge is 2.13. The number of pyridine rings is 2. The molecule has 16 heavy (non-hydrogen) atoms. The van der Waals surface area contributed by atoms with Crippen molar-refractivity contribution in [2.24, 2.45) is 0 Å². The number of rotatable bonds is 2. The Hall–Kier alpha value is -2.50. The summed E-state index contributed by atoms with van der Waals surface area (Å²) < 4.78 is 0. The summed E-state index contributed by atoms with van der Waals surface area (Å²) >= 11 is 0. The molecule has 0 bridgehead atoms. The van der Waals surface area contributed by atoms with Crippen LogP contribution in [-0.2, 0) is 0 Å². The van der Waals surface area contributed by atoms with Gasteiger partial charge >= 0.3 is 5.69 Å². The monoisotopic (exact) mass is 216 g/mol. The van der Waals surface area contributed by atoms with Crippen LogP contribution in [0.1, 0.15) is 0 Å². The summed E-state index contributed by atoms with van der Waals surface area (Å²) in [6.07, 6.45) is 4.72. The van der Waals surface area contributed by atoms with E-state index in [1.807, 2.05) is 0 Å². The zero-order chi connectivity index (χ0) is 11.5. The van der Waals surface area contributed by atoms with Crippen molar-refractivity contribution in [3.63, 3.8) is 0 Å². The van der Waals surface area contributed by atoms with Crippen LogP contribution in [-0.4, -0.2) is 14.9 Å². The number of nitrogens with zero attached hydrogens (tertiary/aromatic N) is 3. The molecule has 6 nitrogen and oxygen atoms in total. The van der Waals surface area contributed by atoms with Gasteiger partial charge in [-0.05, 0) is 6.07 Å². The highest BCUT2D eigenvalue weighted by Crippen LogP contribution is 2.25. The molecule has 0 aromatic carbocycles. The smallest absolute Gasteiger partial charge is 0.311 e. The highest BCUT2D eigenvalue weighted by molar-refractivity contribution is 5.68. The van der Waals surface area contributed by atoms with E-state index in [1.54, 1.807) is 24.5 Å². The lowest BCUT2D eigenvalue weighted by Crippen LogP contribution is -1.98. The molecule has 0 amide bonds. The molecule has 0 aliphatic rings. The Balaban J connectivity index is 2.52. The van der Waals surface area contributed by atoms with E-state index in [-0.39, 0.29) is 11.5 Å². The molecular weight excluding hydrogens is 208 g/mol. The maximum atomic E-state index is 10.7. The fourth-order valence-corrected chi connectivity index (χ4v) is 1.30. The van der Waals surface area contributed by atoms with Crippen molar-refractivity contribution in [1.82, 2.24) is 9.97 Å². The van der Waals surface area contributed by atoms with Gasteiger partial charge in [-0.25, -0.2) is 4.98 Å². The summed E-state index contributed by atoms with van der Waals surface area (Å²) in [6.45, 7) is 0. The first-order valence-electron chi connectivity index (χ1n) is 4.49. The topological polar surface area (TPSA) is 94.9 Å². The van der Waals surface area contributed by atoms with Crippen molar-refractivity contribution < 1.29 is 4.92 Å². The Kier molecular flexibility index (Phi) is 2.47. The average Bonchev–Trinajstić information content (AvgIpc) is 2.30. The van der Waals surface area contributed by atoms with Crippen LogP contribution in [0.5, 0.6) is 0 Å². The van der Waals surface area contributed by atoms with Crippen LogP contribution in [0, 0.1) is 10.1 Å². The molecule has 0 saturated heterocycles. The van der Waals surface area contributed by atoms with E-state index in [0.717, 1.165) is 5.56 Å². The molecule has 2 aromatic heterocycles. The fourth-order valence-electron chi connectivity index (χ4n) is 1.30. The lowest BCUT2D eigenvalue weighted by atomic mass is 10.1. The summed E-state index contributed by atoms with van der Waals surface area (Å²) in [6, 6.07) is 4.93. The summed E-state index contributed by atoms with van der Waals surface area (Å²) in [5, 5.41) is 10.7. The maximum absolute atomic E-state index is 10.7. The van der Waals surface area contributed by atoms with Crippen molar-refractivity contribution in [3.05, 3.63) is 46.9 Å². The first-order chi connectivity index (χ1) is 7.68. The highest BCUT2D eigenvalue weighted by atomic mass is 16.6. The molecular formula is C10H8N4O2. The average molecular weight is 216 g/mol. The van der Waals surface area contributed by atoms with Crippen LogP contribution in [0.3, 0.4) is 0 Å². The van der Waals surface area contributed by atoms with E-state index < -0.39 is 4.92 Å². The fraction of sp³-hybridized carbons (Fsp3) is 0. The molecule has 0 spiro atoms. The summed E-state index contributed by atoms with van der Waals surface area (Å²) in [5.74, 6) is -0.0855. The molecule has 2 rings (SSSR count). The minimum absolute atomic E-state index is 0.0855. The minimum atomic E-state index is -0.553. The maximum Gasteiger partial charge on any atom is 0.311 e. The number of hydrogen-bond donors (Lipinski definition) is 1. The molecule has 0 radical (unpaired) electrons. The third-order valence-electron chi connectivity index (χ3n) is 2.09. The predicted molar refractivity (Wildman–Crippen MR) is 58.5 cm³/mol. The van der Waals surface area contributed by atoms with Crippen molar-refractivity contribution in [1.29, 1.82) is 0 Å². The Morgan fingerprint density at radius 3 is 2.75 bits per heavy atom. The standard InChI is InChI=1S/C10H8N4O2/c11-10-9(14(15)16)4-8(6-13-10)7-2-1-3-12-5-7/h1-6H,(H2,11,13). The molecule has 2 aromatic rings. The predicted octanol–water partition coefficient (Wildman–Crippen LogP) is 1.63. The number of nitro groups is 1. The molecule has 2 heterocycles. The molecule has 0 aliphatic heterocycles. The molecule has 0 fully saturated rings. The molecule has 0 unspecified atom stereocenters. The zero-order valence-corrected chi connectivity index (χ0v) is 8.20. The van der Waals surface area contributed by atoms with Gasteiger partial charge in [0.15, 0.2) is 0 Å². The van der Waals surface area contributed by atoms with Crippen molar-refractivity contribution >= 4 is 11.5 Å². The summed E-state index contributed by atoms with van der Waals surface area (Å²) in [7, 11) is 0. The zero-order valence-electron chi connectivity index (χ0n) is 8.20. The van der Waals surface area contributed by atoms with Gasteiger partial charge in [0.05, 0.1) is 4.92 Å². The van der Waals surface area contributed by atoms with Crippen LogP contribution >= 0.6 is 0 Å². The Morgan fingerprint density at radius 1 is 1.31 bits per heavy atom. The lowest BCUT2D eigenvalue weighted by molar-refractivity contribution is -0.384. The van der Waals surface area contributed by atoms with E-state index in [9.17, 15) is 10.1 Å². The van der Waals surface area contributed by atoms with Gasteiger partial charge in [0.2, 0.25) is 5.82 Å². The van der Waals surface area contributed by atoms with Crippen LogP contribution in [0.4, 0.5) is 11.5 Å². The largest absolute Gasteiger partial charge is 0.378 e. The second kappa shape index (κ2) is 3.93. The SMILES string of the molecule is Nc1ncc(-c2cccnc2)cc1[N+](=O)[O-]. The quantitative estimate of drug-likeness (QED) is 0.608. The number of nitrogen functional groups attached to an aromatic ring is 1. The van der Waals surface area contributed by atoms with E-state index in [0.29, 0.717) is 5.56 Å². The van der Waals surface area contributed by atoms with Gasteiger partial charge in [0.25, 0.3) is 0 Å². The van der Waals surface area contributed by atoms with Gasteiger partial charge in [0, 0.05) is 35.8 Å². The van der Waals surface area contributed by atoms with Crippen LogP contribution in [0.15, 0.2) is 36.8 Å². The van der Waals surface area contributed by atoms with Crippen LogP contribution in [0.25, 0.3) is 11.1 Å². The molecule has 0 atom stereocenters. The Morgan fingerprint density at radius 2 is 2.12 bits per heavy atom. The summed E-state index contributed by atoms with van der Waals surface area (Å²) in [4.78, 5) is 17.8. The molecule has 6 heteroatoms. The van der Waals surface area contributed by atoms with Crippen LogP contribution in [0.2, 0.25) is 0 Å². The van der Waals surface area contributed by atoms with Crippen molar-refractivity contribution in [3.8, 4) is 11.1 Å². The number of anilines is 1. The van der Waals surface area contributed by atoms with E-state index in [4.69, 9.17) is 5.73 Å². The lowest BCUT2D eigenvalue weighted by Gasteiger charge is -2.01. The Labute approximate surface area is 90.9 Å². The van der Waals surface area contributed by atoms with Gasteiger partial charge in [-0.3, -0.25) is 15.1 Å². The third kappa shape index (κ3) is 1.81. The number of nitrogens with two attached hydrogens (primary N) is 1. The van der Waals surface area contributed by atoms with Gasteiger partial charge in [-0.2, -0.15) is 0 Å².